The number of carbonyl (C=O) groups excluding carboxylic acids is 2. The summed E-state index contributed by atoms with van der Waals surface area (Å²) < 4.78 is 20.1. The first-order chi connectivity index (χ1) is 15.4. The summed E-state index contributed by atoms with van der Waals surface area (Å²) in [6.07, 6.45) is 0.837. The maximum absolute atomic E-state index is 14.9. The molecule has 1 fully saturated rings. The van der Waals surface area contributed by atoms with Crippen LogP contribution in [0.3, 0.4) is 0 Å². The third-order valence-electron chi connectivity index (χ3n) is 4.92. The molecule has 2 aromatic carbocycles. The van der Waals surface area contributed by atoms with Gasteiger partial charge >= 0.3 is 6.09 Å². The van der Waals surface area contributed by atoms with Gasteiger partial charge in [-0.15, -0.1) is 10.2 Å². The molecule has 32 heavy (non-hydrogen) atoms. The molecule has 0 aliphatic carbocycles. The van der Waals surface area contributed by atoms with E-state index in [1.54, 1.807) is 12.1 Å². The molecule has 1 atom stereocenters. The molecule has 1 aromatic heterocycles. The van der Waals surface area contributed by atoms with Crippen molar-refractivity contribution in [2.75, 3.05) is 24.2 Å². The Morgan fingerprint density at radius 1 is 1.28 bits per heavy atom. The van der Waals surface area contributed by atoms with Gasteiger partial charge in [-0.05, 0) is 40.8 Å². The second-order valence-electron chi connectivity index (χ2n) is 7.22. The Morgan fingerprint density at radius 2 is 2.06 bits per heavy atom. The molecule has 0 bridgehead atoms. The molecule has 1 N–H and O–H groups in total. The average molecular weight is 457 g/mol. The summed E-state index contributed by atoms with van der Waals surface area (Å²) >= 11 is 1.42. The third kappa shape index (κ3) is 4.88. The smallest absolute Gasteiger partial charge is 0.414 e. The lowest BCUT2D eigenvalue weighted by atomic mass is 10.0. The van der Waals surface area contributed by atoms with Gasteiger partial charge in [-0.25, -0.2) is 9.18 Å². The highest BCUT2D eigenvalue weighted by atomic mass is 32.2. The van der Waals surface area contributed by atoms with Crippen LogP contribution in [0.2, 0.25) is 0 Å². The monoisotopic (exact) mass is 456 g/mol. The first kappa shape index (κ1) is 21.8. The van der Waals surface area contributed by atoms with Crippen molar-refractivity contribution in [1.82, 2.24) is 25.5 Å². The number of amides is 2. The summed E-state index contributed by atoms with van der Waals surface area (Å²) in [5.41, 5.74) is 2.49. The molecule has 166 valence electrons. The van der Waals surface area contributed by atoms with Crippen LogP contribution in [0.4, 0.5) is 14.9 Å². The molecule has 1 aliphatic rings. The summed E-state index contributed by atoms with van der Waals surface area (Å²) in [5.74, 6) is -0.654. The molecule has 1 saturated heterocycles. The van der Waals surface area contributed by atoms with E-state index in [9.17, 15) is 14.0 Å². The van der Waals surface area contributed by atoms with E-state index < -0.39 is 18.0 Å². The summed E-state index contributed by atoms with van der Waals surface area (Å²) in [5, 5.41) is 15.4. The molecular formula is C21H21FN6O3S. The van der Waals surface area contributed by atoms with Crippen LogP contribution in [-0.4, -0.2) is 57.7 Å². The lowest BCUT2D eigenvalue weighted by molar-refractivity contribution is -0.119. The highest BCUT2D eigenvalue weighted by molar-refractivity contribution is 7.98. The van der Waals surface area contributed by atoms with Gasteiger partial charge in [0, 0.05) is 12.5 Å². The largest absolute Gasteiger partial charge is 0.442 e. The van der Waals surface area contributed by atoms with Crippen molar-refractivity contribution >= 4 is 29.4 Å². The van der Waals surface area contributed by atoms with Crippen LogP contribution in [0.1, 0.15) is 12.5 Å². The van der Waals surface area contributed by atoms with Crippen LogP contribution in [0, 0.1) is 5.82 Å². The van der Waals surface area contributed by atoms with Crippen LogP contribution in [-0.2, 0) is 16.1 Å². The number of hydrogen-bond donors (Lipinski definition) is 1. The van der Waals surface area contributed by atoms with Crippen LogP contribution < -0.4 is 10.2 Å². The van der Waals surface area contributed by atoms with Gasteiger partial charge in [0.1, 0.15) is 11.9 Å². The minimum atomic E-state index is -0.566. The minimum absolute atomic E-state index is 0.205. The Kier molecular flexibility index (Phi) is 6.35. The molecule has 0 unspecified atom stereocenters. The number of thioether (sulfide) groups is 1. The second-order valence-corrected chi connectivity index (χ2v) is 7.99. The number of cyclic esters (lactones) is 1. The van der Waals surface area contributed by atoms with E-state index in [4.69, 9.17) is 4.74 Å². The number of nitrogens with zero attached hydrogens (tertiary/aromatic N) is 5. The zero-order valence-electron chi connectivity index (χ0n) is 17.5. The Hall–Kier alpha value is -3.47. The van der Waals surface area contributed by atoms with Crippen LogP contribution >= 0.6 is 11.8 Å². The molecule has 2 heterocycles. The topological polar surface area (TPSA) is 102 Å². The molecular weight excluding hydrogens is 435 g/mol. The SMILES string of the molecule is CSc1nnn(Cc2ccc(-c3ccc(N4C[C@H](CNC(C)=O)OC4=O)cc3F)cc2)n1. The van der Waals surface area contributed by atoms with Crippen molar-refractivity contribution in [2.45, 2.75) is 24.7 Å². The zero-order valence-corrected chi connectivity index (χ0v) is 18.3. The predicted molar refractivity (Wildman–Crippen MR) is 117 cm³/mol. The fraction of sp³-hybridized carbons (Fsp3) is 0.286. The van der Waals surface area contributed by atoms with Gasteiger partial charge in [0.2, 0.25) is 11.1 Å². The lowest BCUT2D eigenvalue weighted by Gasteiger charge is -2.14. The number of anilines is 1. The number of rotatable bonds is 7. The van der Waals surface area contributed by atoms with Crippen LogP contribution in [0.15, 0.2) is 47.6 Å². The first-order valence-corrected chi connectivity index (χ1v) is 11.1. The van der Waals surface area contributed by atoms with Crippen molar-refractivity contribution in [1.29, 1.82) is 0 Å². The predicted octanol–water partition coefficient (Wildman–Crippen LogP) is 2.71. The summed E-state index contributed by atoms with van der Waals surface area (Å²) in [7, 11) is 0. The summed E-state index contributed by atoms with van der Waals surface area (Å²) in [4.78, 5) is 26.1. The van der Waals surface area contributed by atoms with Gasteiger partial charge in [0.25, 0.3) is 0 Å². The normalized spacial score (nSPS) is 15.7. The molecule has 9 nitrogen and oxygen atoms in total. The number of halogens is 1. The van der Waals surface area contributed by atoms with Crippen molar-refractivity contribution in [3.63, 3.8) is 0 Å². The number of aromatic nitrogens is 4. The summed E-state index contributed by atoms with van der Waals surface area (Å²) in [6.45, 7) is 2.31. The van der Waals surface area contributed by atoms with E-state index in [0.717, 1.165) is 5.56 Å². The Balaban J connectivity index is 1.45. The van der Waals surface area contributed by atoms with Gasteiger partial charge < -0.3 is 10.1 Å². The van der Waals surface area contributed by atoms with Gasteiger partial charge in [-0.2, -0.15) is 4.80 Å². The van der Waals surface area contributed by atoms with Gasteiger partial charge in [0.15, 0.2) is 0 Å². The quantitative estimate of drug-likeness (QED) is 0.546. The van der Waals surface area contributed by atoms with E-state index in [2.05, 4.69) is 20.7 Å². The van der Waals surface area contributed by atoms with Crippen LogP contribution in [0.25, 0.3) is 11.1 Å². The fourth-order valence-electron chi connectivity index (χ4n) is 3.33. The maximum Gasteiger partial charge on any atom is 0.414 e. The van der Waals surface area contributed by atoms with Crippen molar-refractivity contribution in [3.8, 4) is 11.1 Å². The minimum Gasteiger partial charge on any atom is -0.442 e. The Morgan fingerprint density at radius 3 is 2.72 bits per heavy atom. The van der Waals surface area contributed by atoms with E-state index in [-0.39, 0.29) is 19.0 Å². The molecule has 1 aliphatic heterocycles. The highest BCUT2D eigenvalue weighted by Gasteiger charge is 2.32. The lowest BCUT2D eigenvalue weighted by Crippen LogP contribution is -2.33. The number of nitrogens with one attached hydrogen (secondary N) is 1. The van der Waals surface area contributed by atoms with Crippen molar-refractivity contribution in [2.24, 2.45) is 0 Å². The Bertz CT molecular complexity index is 1140. The highest BCUT2D eigenvalue weighted by Crippen LogP contribution is 2.29. The maximum atomic E-state index is 14.9. The Labute approximate surface area is 187 Å². The number of tetrazole rings is 1. The molecule has 2 amide bonds. The summed E-state index contributed by atoms with van der Waals surface area (Å²) in [6, 6.07) is 12.1. The second kappa shape index (κ2) is 9.35. The first-order valence-electron chi connectivity index (χ1n) is 9.86. The molecule has 0 saturated carbocycles. The number of carbonyl (C=O) groups is 2. The van der Waals surface area contributed by atoms with E-state index >= 15 is 0 Å². The molecule has 11 heteroatoms. The zero-order chi connectivity index (χ0) is 22.7. The third-order valence-corrected chi connectivity index (χ3v) is 5.45. The van der Waals surface area contributed by atoms with E-state index in [1.165, 1.54) is 34.4 Å². The van der Waals surface area contributed by atoms with Gasteiger partial charge in [-0.1, -0.05) is 36.0 Å². The van der Waals surface area contributed by atoms with Gasteiger partial charge in [0.05, 0.1) is 25.3 Å². The van der Waals surface area contributed by atoms with E-state index in [1.807, 2.05) is 30.5 Å². The van der Waals surface area contributed by atoms with Gasteiger partial charge in [-0.3, -0.25) is 9.69 Å². The van der Waals surface area contributed by atoms with Crippen molar-refractivity contribution in [3.05, 3.63) is 53.8 Å². The van der Waals surface area contributed by atoms with Crippen LogP contribution in [0.5, 0.6) is 0 Å². The van der Waals surface area contributed by atoms with E-state index in [0.29, 0.717) is 28.5 Å². The average Bonchev–Trinajstić information content (AvgIpc) is 3.39. The molecule has 0 spiro atoms. The fourth-order valence-corrected chi connectivity index (χ4v) is 3.63. The van der Waals surface area contributed by atoms with Crippen molar-refractivity contribution < 1.29 is 18.7 Å². The molecule has 0 radical (unpaired) electrons. The molecule has 3 aromatic rings. The number of benzene rings is 2. The molecule has 4 rings (SSSR count). The number of ether oxygens (including phenoxy) is 1. The standard InChI is InChI=1S/C21H21FN6O3S/c1-13(29)23-10-17-12-27(21(30)31-17)16-7-8-18(19(22)9-16)15-5-3-14(4-6-15)11-28-25-20(32-2)24-26-28/h3-9,17H,10-12H2,1-2H3,(H,23,29)/t17-/m0/s1. The number of hydrogen-bond acceptors (Lipinski definition) is 7.